The molecule has 2 aromatic carbocycles. The molecule has 6 heteroatoms. The second-order valence-electron chi connectivity index (χ2n) is 6.07. The summed E-state index contributed by atoms with van der Waals surface area (Å²) in [7, 11) is 0. The van der Waals surface area contributed by atoms with Crippen LogP contribution in [0.2, 0.25) is 0 Å². The van der Waals surface area contributed by atoms with Crippen molar-refractivity contribution in [1.82, 2.24) is 9.97 Å². The third kappa shape index (κ3) is 3.96. The minimum absolute atomic E-state index is 0.0650. The fraction of sp³-hybridized carbons (Fsp3) is 0.0952. The molecule has 1 amide bonds. The number of rotatable bonds is 5. The van der Waals surface area contributed by atoms with Gasteiger partial charge in [-0.3, -0.25) is 15.1 Å². The van der Waals surface area contributed by atoms with Crippen molar-refractivity contribution in [2.45, 2.75) is 6.92 Å². The first-order valence-corrected chi connectivity index (χ1v) is 9.36. The molecule has 0 aliphatic carbocycles. The minimum atomic E-state index is -0.248. The summed E-state index contributed by atoms with van der Waals surface area (Å²) in [4.78, 5) is 21.1. The van der Waals surface area contributed by atoms with Crippen molar-refractivity contribution in [3.8, 4) is 17.1 Å². The second-order valence-corrected chi connectivity index (χ2v) is 6.93. The third-order valence-electron chi connectivity index (χ3n) is 4.06. The van der Waals surface area contributed by atoms with Crippen LogP contribution in [-0.4, -0.2) is 22.5 Å². The van der Waals surface area contributed by atoms with Gasteiger partial charge in [0, 0.05) is 17.0 Å². The lowest BCUT2D eigenvalue weighted by atomic mass is 10.1. The van der Waals surface area contributed by atoms with Gasteiger partial charge in [-0.05, 0) is 30.5 Å². The van der Waals surface area contributed by atoms with E-state index in [9.17, 15) is 4.79 Å². The van der Waals surface area contributed by atoms with Gasteiger partial charge in [0.05, 0.1) is 5.69 Å². The lowest BCUT2D eigenvalue weighted by Gasteiger charge is -2.06. The molecule has 0 aliphatic rings. The van der Waals surface area contributed by atoms with Crippen LogP contribution in [0.3, 0.4) is 0 Å². The molecular formula is C21H17N3O2S. The van der Waals surface area contributed by atoms with Crippen molar-refractivity contribution in [2.24, 2.45) is 0 Å². The number of carbonyl (C=O) groups excluding carboxylic acids is 1. The molecule has 0 spiro atoms. The van der Waals surface area contributed by atoms with E-state index in [1.807, 2.05) is 66.9 Å². The highest BCUT2D eigenvalue weighted by Crippen LogP contribution is 2.29. The molecular weight excluding hydrogens is 358 g/mol. The molecule has 0 saturated heterocycles. The van der Waals surface area contributed by atoms with Gasteiger partial charge in [0.15, 0.2) is 11.7 Å². The number of fused-ring (bicyclic) bond motifs is 1. The van der Waals surface area contributed by atoms with Crippen LogP contribution in [0.25, 0.3) is 22.2 Å². The number of carbonyl (C=O) groups is 1. The molecule has 1 N–H and O–H groups in total. The number of nitrogens with one attached hydrogen (secondary N) is 1. The molecule has 5 nitrogen and oxygen atoms in total. The lowest BCUT2D eigenvalue weighted by molar-refractivity contribution is -0.118. The fourth-order valence-corrected chi connectivity index (χ4v) is 3.41. The quantitative estimate of drug-likeness (QED) is 0.550. The summed E-state index contributed by atoms with van der Waals surface area (Å²) in [5.41, 5.74) is 2.69. The first kappa shape index (κ1) is 17.2. The summed E-state index contributed by atoms with van der Waals surface area (Å²) < 4.78 is 5.50. The van der Waals surface area contributed by atoms with Crippen molar-refractivity contribution < 1.29 is 9.53 Å². The predicted octanol–water partition coefficient (Wildman–Crippen LogP) is 4.68. The Balaban J connectivity index is 1.44. The molecule has 0 atom stereocenters. The number of amides is 1. The number of thiazole rings is 1. The van der Waals surface area contributed by atoms with Crippen LogP contribution in [0, 0.1) is 6.92 Å². The average Bonchev–Trinajstić information content (AvgIpc) is 3.15. The number of ether oxygens (including phenoxy) is 1. The van der Waals surface area contributed by atoms with Gasteiger partial charge in [0.25, 0.3) is 5.91 Å². The van der Waals surface area contributed by atoms with E-state index < -0.39 is 0 Å². The van der Waals surface area contributed by atoms with Gasteiger partial charge in [-0.15, -0.1) is 11.3 Å². The zero-order valence-corrected chi connectivity index (χ0v) is 15.5. The van der Waals surface area contributed by atoms with Gasteiger partial charge >= 0.3 is 0 Å². The molecule has 0 unspecified atom stereocenters. The second kappa shape index (κ2) is 7.55. The smallest absolute Gasteiger partial charge is 0.264 e. The molecule has 2 aromatic heterocycles. The summed E-state index contributed by atoms with van der Waals surface area (Å²) in [5.74, 6) is 0.415. The van der Waals surface area contributed by atoms with Gasteiger partial charge in [-0.25, -0.2) is 4.98 Å². The first-order chi connectivity index (χ1) is 13.2. The number of nitrogens with zero attached hydrogens (tertiary/aromatic N) is 2. The van der Waals surface area contributed by atoms with Crippen molar-refractivity contribution in [2.75, 3.05) is 11.9 Å². The monoisotopic (exact) mass is 375 g/mol. The van der Waals surface area contributed by atoms with E-state index in [4.69, 9.17) is 4.74 Å². The Bertz CT molecular complexity index is 1080. The summed E-state index contributed by atoms with van der Waals surface area (Å²) in [6, 6.07) is 17.6. The number of aromatic nitrogens is 2. The normalized spacial score (nSPS) is 10.7. The van der Waals surface area contributed by atoms with E-state index in [1.54, 1.807) is 6.20 Å². The molecule has 0 fully saturated rings. The number of anilines is 1. The van der Waals surface area contributed by atoms with E-state index in [0.29, 0.717) is 10.9 Å². The van der Waals surface area contributed by atoms with Crippen molar-refractivity contribution >= 4 is 33.1 Å². The zero-order chi connectivity index (χ0) is 18.6. The van der Waals surface area contributed by atoms with E-state index in [2.05, 4.69) is 15.3 Å². The number of hydrogen-bond donors (Lipinski definition) is 1. The molecule has 4 aromatic rings. The third-order valence-corrected chi connectivity index (χ3v) is 4.82. The van der Waals surface area contributed by atoms with Gasteiger partial charge in [-0.2, -0.15) is 0 Å². The summed E-state index contributed by atoms with van der Waals surface area (Å²) in [5, 5.41) is 7.33. The van der Waals surface area contributed by atoms with Crippen molar-refractivity contribution in [3.05, 3.63) is 71.7 Å². The summed E-state index contributed by atoms with van der Waals surface area (Å²) in [6.45, 7) is 1.94. The Morgan fingerprint density at radius 3 is 2.78 bits per heavy atom. The number of hydrogen-bond acceptors (Lipinski definition) is 5. The van der Waals surface area contributed by atoms with Crippen LogP contribution in [0.5, 0.6) is 5.75 Å². The maximum absolute atomic E-state index is 12.1. The maximum atomic E-state index is 12.1. The highest BCUT2D eigenvalue weighted by Gasteiger charge is 2.11. The van der Waals surface area contributed by atoms with Crippen LogP contribution in [0.1, 0.15) is 5.56 Å². The summed E-state index contributed by atoms with van der Waals surface area (Å²) >= 11 is 1.37. The fourth-order valence-electron chi connectivity index (χ4n) is 2.70. The molecule has 2 heterocycles. The minimum Gasteiger partial charge on any atom is -0.484 e. The van der Waals surface area contributed by atoms with Gasteiger partial charge in [0.2, 0.25) is 0 Å². The van der Waals surface area contributed by atoms with Gasteiger partial charge < -0.3 is 4.74 Å². The molecule has 4 rings (SSSR count). The highest BCUT2D eigenvalue weighted by atomic mass is 32.1. The topological polar surface area (TPSA) is 64.1 Å². The van der Waals surface area contributed by atoms with Gasteiger partial charge in [0.1, 0.15) is 11.4 Å². The SMILES string of the molecule is Cc1ccc(OCC(=O)Nc2nc(-c3nccc4ccccc34)cs2)cc1. The average molecular weight is 375 g/mol. The molecule has 0 radical (unpaired) electrons. The van der Waals surface area contributed by atoms with Crippen LogP contribution in [-0.2, 0) is 4.79 Å². The van der Waals surface area contributed by atoms with Crippen molar-refractivity contribution in [3.63, 3.8) is 0 Å². The molecule has 0 aliphatic heterocycles. The summed E-state index contributed by atoms with van der Waals surface area (Å²) in [6.07, 6.45) is 1.77. The van der Waals surface area contributed by atoms with E-state index >= 15 is 0 Å². The number of benzene rings is 2. The predicted molar refractivity (Wildman–Crippen MR) is 108 cm³/mol. The standard InChI is InChI=1S/C21H17N3O2S/c1-14-6-8-16(9-7-14)26-12-19(25)24-21-23-18(13-27-21)20-17-5-3-2-4-15(17)10-11-22-20/h2-11,13H,12H2,1H3,(H,23,24,25). The highest BCUT2D eigenvalue weighted by molar-refractivity contribution is 7.14. The Labute approximate surface area is 160 Å². The molecule has 27 heavy (non-hydrogen) atoms. The van der Waals surface area contributed by atoms with Crippen LogP contribution < -0.4 is 10.1 Å². The van der Waals surface area contributed by atoms with E-state index in [1.165, 1.54) is 11.3 Å². The molecule has 0 saturated carbocycles. The van der Waals surface area contributed by atoms with Crippen LogP contribution >= 0.6 is 11.3 Å². The Hall–Kier alpha value is -3.25. The number of aryl methyl sites for hydroxylation is 1. The first-order valence-electron chi connectivity index (χ1n) is 8.48. The maximum Gasteiger partial charge on any atom is 0.264 e. The van der Waals surface area contributed by atoms with Crippen LogP contribution in [0.15, 0.2) is 66.2 Å². The zero-order valence-electron chi connectivity index (χ0n) is 14.7. The van der Waals surface area contributed by atoms with Gasteiger partial charge in [-0.1, -0.05) is 42.0 Å². The van der Waals surface area contributed by atoms with E-state index in [-0.39, 0.29) is 12.5 Å². The van der Waals surface area contributed by atoms with Crippen LogP contribution in [0.4, 0.5) is 5.13 Å². The molecule has 0 bridgehead atoms. The largest absolute Gasteiger partial charge is 0.484 e. The molecule has 134 valence electrons. The Kier molecular flexibility index (Phi) is 4.80. The lowest BCUT2D eigenvalue weighted by Crippen LogP contribution is -2.20. The Morgan fingerprint density at radius 2 is 1.93 bits per heavy atom. The van der Waals surface area contributed by atoms with E-state index in [0.717, 1.165) is 27.7 Å². The number of pyridine rings is 1. The Morgan fingerprint density at radius 1 is 1.11 bits per heavy atom. The van der Waals surface area contributed by atoms with Crippen molar-refractivity contribution in [1.29, 1.82) is 0 Å².